The van der Waals surface area contributed by atoms with Crippen LogP contribution in [0.1, 0.15) is 24.2 Å². The van der Waals surface area contributed by atoms with Crippen LogP contribution in [0.2, 0.25) is 0 Å². The third kappa shape index (κ3) is 3.03. The molecule has 2 aromatic heterocycles. The van der Waals surface area contributed by atoms with E-state index in [0.717, 1.165) is 0 Å². The average molecular weight is 274 g/mol. The van der Waals surface area contributed by atoms with Gasteiger partial charge in [-0.15, -0.1) is 0 Å². The second kappa shape index (κ2) is 6.29. The van der Waals surface area contributed by atoms with E-state index >= 15 is 0 Å². The number of ketones is 1. The summed E-state index contributed by atoms with van der Waals surface area (Å²) in [5, 5.41) is 0.611. The van der Waals surface area contributed by atoms with Crippen molar-refractivity contribution in [2.75, 3.05) is 13.2 Å². The van der Waals surface area contributed by atoms with E-state index in [1.54, 1.807) is 12.3 Å². The fraction of sp³-hybridized carbons (Fsp3) is 0.357. The number of ether oxygens (including phenoxy) is 1. The minimum Gasteiger partial charge on any atom is -0.477 e. The molecule has 3 N–H and O–H groups in total. The fourth-order valence-electron chi connectivity index (χ4n) is 1.75. The minimum atomic E-state index is -0.147. The Kier molecular flexibility index (Phi) is 4.47. The molecule has 0 fully saturated rings. The number of rotatable bonds is 6. The number of carbonyl (C=O) groups is 1. The van der Waals surface area contributed by atoms with E-state index in [9.17, 15) is 4.79 Å². The molecule has 0 bridgehead atoms. The number of nitrogens with zero attached hydrogens (tertiary/aromatic N) is 2. The molecular formula is C14H18N4O2. The van der Waals surface area contributed by atoms with Crippen molar-refractivity contribution in [2.45, 2.75) is 13.8 Å². The maximum Gasteiger partial charge on any atom is 0.226 e. The minimum absolute atomic E-state index is 0.147. The van der Waals surface area contributed by atoms with Crippen molar-refractivity contribution >= 4 is 16.8 Å². The molecule has 0 aliphatic heterocycles. The van der Waals surface area contributed by atoms with Crippen LogP contribution in [0.5, 0.6) is 5.88 Å². The lowest BCUT2D eigenvalue weighted by Crippen LogP contribution is -2.07. The third-order valence-corrected chi connectivity index (χ3v) is 2.66. The molecule has 106 valence electrons. The molecule has 20 heavy (non-hydrogen) atoms. The molecule has 6 heteroatoms. The van der Waals surface area contributed by atoms with Gasteiger partial charge in [0.15, 0.2) is 5.78 Å². The first-order valence-corrected chi connectivity index (χ1v) is 6.49. The zero-order valence-electron chi connectivity index (χ0n) is 11.6. The van der Waals surface area contributed by atoms with Crippen LogP contribution in [-0.2, 0) is 0 Å². The predicted molar refractivity (Wildman–Crippen MR) is 76.7 cm³/mol. The lowest BCUT2D eigenvalue weighted by molar-refractivity contribution is 0.104. The van der Waals surface area contributed by atoms with Gasteiger partial charge in [0.25, 0.3) is 0 Å². The summed E-state index contributed by atoms with van der Waals surface area (Å²) in [5.74, 6) is 0.649. The van der Waals surface area contributed by atoms with Gasteiger partial charge in [0.05, 0.1) is 17.6 Å². The number of nitrogens with two attached hydrogens (primary N) is 1. The first kappa shape index (κ1) is 14.2. The highest BCUT2D eigenvalue weighted by Crippen LogP contribution is 2.26. The Bertz CT molecular complexity index is 631. The molecule has 2 rings (SSSR count). The Morgan fingerprint density at radius 3 is 3.00 bits per heavy atom. The summed E-state index contributed by atoms with van der Waals surface area (Å²) in [5.41, 5.74) is 6.43. The van der Waals surface area contributed by atoms with Crippen LogP contribution < -0.4 is 10.5 Å². The lowest BCUT2D eigenvalue weighted by Gasteiger charge is -2.08. The fourth-order valence-corrected chi connectivity index (χ4v) is 1.75. The van der Waals surface area contributed by atoms with Crippen molar-refractivity contribution < 1.29 is 9.53 Å². The molecule has 0 unspecified atom stereocenters. The van der Waals surface area contributed by atoms with Crippen molar-refractivity contribution in [1.82, 2.24) is 15.0 Å². The largest absolute Gasteiger partial charge is 0.477 e. The molecule has 0 amide bonds. The van der Waals surface area contributed by atoms with E-state index in [4.69, 9.17) is 10.5 Å². The SMILES string of the molecule is CC(C)COc1ncnc2[nH]cc(C(=O)C=CCN)c12. The van der Waals surface area contributed by atoms with Crippen LogP contribution in [-0.4, -0.2) is 33.9 Å². The molecule has 0 spiro atoms. The summed E-state index contributed by atoms with van der Waals surface area (Å²) in [6.45, 7) is 4.95. The number of H-pyrrole nitrogens is 1. The standard InChI is InChI=1S/C14H18N4O2/c1-9(2)7-20-14-12-10(11(19)4-3-5-15)6-16-13(12)17-8-18-14/h3-4,6,8-9H,5,7,15H2,1-2H3,(H,16,17,18). The summed E-state index contributed by atoms with van der Waals surface area (Å²) in [6, 6.07) is 0. The first-order valence-electron chi connectivity index (χ1n) is 6.49. The number of aromatic amines is 1. The van der Waals surface area contributed by atoms with Gasteiger partial charge in [-0.05, 0) is 12.0 Å². The highest BCUT2D eigenvalue weighted by molar-refractivity contribution is 6.13. The number of hydrogen-bond acceptors (Lipinski definition) is 5. The number of hydrogen-bond donors (Lipinski definition) is 2. The van der Waals surface area contributed by atoms with Gasteiger partial charge < -0.3 is 15.5 Å². The molecule has 2 aromatic rings. The maximum atomic E-state index is 12.1. The Morgan fingerprint density at radius 1 is 1.50 bits per heavy atom. The molecular weight excluding hydrogens is 256 g/mol. The molecule has 0 atom stereocenters. The van der Waals surface area contributed by atoms with E-state index in [2.05, 4.69) is 15.0 Å². The summed E-state index contributed by atoms with van der Waals surface area (Å²) in [4.78, 5) is 23.3. The second-order valence-electron chi connectivity index (χ2n) is 4.81. The summed E-state index contributed by atoms with van der Waals surface area (Å²) < 4.78 is 5.66. The number of nitrogens with one attached hydrogen (secondary N) is 1. The third-order valence-electron chi connectivity index (χ3n) is 2.66. The molecule has 0 aliphatic carbocycles. The monoisotopic (exact) mass is 274 g/mol. The first-order chi connectivity index (χ1) is 9.63. The van der Waals surface area contributed by atoms with Crippen molar-refractivity contribution in [3.05, 3.63) is 30.2 Å². The van der Waals surface area contributed by atoms with Crippen LogP contribution in [0, 0.1) is 5.92 Å². The average Bonchev–Trinajstić information content (AvgIpc) is 2.87. The molecule has 0 aromatic carbocycles. The van der Waals surface area contributed by atoms with Gasteiger partial charge in [-0.3, -0.25) is 4.79 Å². The van der Waals surface area contributed by atoms with Crippen molar-refractivity contribution in [3.63, 3.8) is 0 Å². The van der Waals surface area contributed by atoms with E-state index in [1.165, 1.54) is 12.4 Å². The molecule has 0 saturated carbocycles. The lowest BCUT2D eigenvalue weighted by atomic mass is 10.1. The van der Waals surface area contributed by atoms with Crippen molar-refractivity contribution in [2.24, 2.45) is 11.7 Å². The molecule has 6 nitrogen and oxygen atoms in total. The molecule has 0 aliphatic rings. The van der Waals surface area contributed by atoms with Crippen LogP contribution >= 0.6 is 0 Å². The normalized spacial score (nSPS) is 11.6. The Hall–Kier alpha value is -2.21. The zero-order chi connectivity index (χ0) is 14.5. The van der Waals surface area contributed by atoms with E-state index in [1.807, 2.05) is 13.8 Å². The molecule has 0 radical (unpaired) electrons. The van der Waals surface area contributed by atoms with Crippen LogP contribution in [0.4, 0.5) is 0 Å². The molecule has 2 heterocycles. The van der Waals surface area contributed by atoms with Crippen molar-refractivity contribution in [3.8, 4) is 5.88 Å². The smallest absolute Gasteiger partial charge is 0.226 e. The number of allylic oxidation sites excluding steroid dienone is 1. The predicted octanol–water partition coefficient (Wildman–Crippen LogP) is 1.69. The van der Waals surface area contributed by atoms with Gasteiger partial charge >= 0.3 is 0 Å². The Morgan fingerprint density at radius 2 is 2.30 bits per heavy atom. The number of carbonyl (C=O) groups excluding carboxylic acids is 1. The highest BCUT2D eigenvalue weighted by atomic mass is 16.5. The summed E-state index contributed by atoms with van der Waals surface area (Å²) in [6.07, 6.45) is 6.09. The van der Waals surface area contributed by atoms with E-state index < -0.39 is 0 Å². The van der Waals surface area contributed by atoms with Gasteiger partial charge in [0.1, 0.15) is 12.0 Å². The van der Waals surface area contributed by atoms with Gasteiger partial charge in [0, 0.05) is 12.7 Å². The van der Waals surface area contributed by atoms with Crippen LogP contribution in [0.3, 0.4) is 0 Å². The molecule has 0 saturated heterocycles. The van der Waals surface area contributed by atoms with Gasteiger partial charge in [-0.25, -0.2) is 9.97 Å². The number of aromatic nitrogens is 3. The van der Waals surface area contributed by atoms with Crippen LogP contribution in [0.15, 0.2) is 24.7 Å². The van der Waals surface area contributed by atoms with E-state index in [0.29, 0.717) is 41.5 Å². The van der Waals surface area contributed by atoms with Gasteiger partial charge in [-0.2, -0.15) is 0 Å². The van der Waals surface area contributed by atoms with Crippen molar-refractivity contribution in [1.29, 1.82) is 0 Å². The summed E-state index contributed by atoms with van der Waals surface area (Å²) >= 11 is 0. The Balaban J connectivity index is 2.41. The Labute approximate surface area is 117 Å². The summed E-state index contributed by atoms with van der Waals surface area (Å²) in [7, 11) is 0. The number of fused-ring (bicyclic) bond motifs is 1. The zero-order valence-corrected chi connectivity index (χ0v) is 11.6. The quantitative estimate of drug-likeness (QED) is 0.617. The van der Waals surface area contributed by atoms with Gasteiger partial charge in [-0.1, -0.05) is 19.9 Å². The second-order valence-corrected chi connectivity index (χ2v) is 4.81. The highest BCUT2D eigenvalue weighted by Gasteiger charge is 2.16. The van der Waals surface area contributed by atoms with Crippen LogP contribution in [0.25, 0.3) is 11.0 Å². The van der Waals surface area contributed by atoms with E-state index in [-0.39, 0.29) is 5.78 Å². The van der Waals surface area contributed by atoms with Gasteiger partial charge in [0.2, 0.25) is 5.88 Å². The maximum absolute atomic E-state index is 12.1. The topological polar surface area (TPSA) is 93.9 Å².